The molecule has 1 N–H and O–H groups in total. The van der Waals surface area contributed by atoms with E-state index in [2.05, 4.69) is 5.32 Å². The molecule has 0 aliphatic rings. The summed E-state index contributed by atoms with van der Waals surface area (Å²) in [7, 11) is -3.52. The van der Waals surface area contributed by atoms with E-state index >= 15 is 0 Å². The maximum atomic E-state index is 13.2. The molecule has 9 heteroatoms. The first kappa shape index (κ1) is 27.7. The second-order valence-corrected chi connectivity index (χ2v) is 10.7. The van der Waals surface area contributed by atoms with E-state index in [-0.39, 0.29) is 31.3 Å². The van der Waals surface area contributed by atoms with Gasteiger partial charge in [-0.15, -0.1) is 0 Å². The zero-order valence-corrected chi connectivity index (χ0v) is 21.8. The van der Waals surface area contributed by atoms with Crippen LogP contribution in [0.5, 0.6) is 0 Å². The second kappa shape index (κ2) is 12.8. The van der Waals surface area contributed by atoms with Crippen LogP contribution in [0.2, 0.25) is 5.02 Å². The molecular formula is C25H34ClN3O4S. The number of amides is 2. The second-order valence-electron chi connectivity index (χ2n) is 8.36. The van der Waals surface area contributed by atoms with Crippen molar-refractivity contribution >= 4 is 39.1 Å². The smallest absolute Gasteiger partial charge is 0.242 e. The largest absolute Gasteiger partial charge is 0.354 e. The Labute approximate surface area is 208 Å². The fraction of sp³-hybridized carbons (Fsp3) is 0.440. The first-order chi connectivity index (χ1) is 16.0. The van der Waals surface area contributed by atoms with Crippen LogP contribution < -0.4 is 9.62 Å². The third kappa shape index (κ3) is 8.02. The van der Waals surface area contributed by atoms with Crippen molar-refractivity contribution in [2.24, 2.45) is 0 Å². The fourth-order valence-electron chi connectivity index (χ4n) is 3.58. The van der Waals surface area contributed by atoms with Gasteiger partial charge in [-0.3, -0.25) is 13.9 Å². The first-order valence-corrected chi connectivity index (χ1v) is 13.6. The highest BCUT2D eigenvalue weighted by Gasteiger charge is 2.27. The SMILES string of the molecule is CCCNC(=O)C(C)N(Cc1ccccc1Cl)C(=O)CCCN(c1cccc(C)c1)S(C)(=O)=O. The van der Waals surface area contributed by atoms with E-state index in [9.17, 15) is 18.0 Å². The predicted molar refractivity (Wildman–Crippen MR) is 137 cm³/mol. The summed E-state index contributed by atoms with van der Waals surface area (Å²) in [5.74, 6) is -0.475. The van der Waals surface area contributed by atoms with E-state index in [4.69, 9.17) is 11.6 Å². The molecule has 0 aromatic heterocycles. The van der Waals surface area contributed by atoms with Crippen LogP contribution in [-0.4, -0.2) is 50.5 Å². The van der Waals surface area contributed by atoms with E-state index in [0.29, 0.717) is 23.7 Å². The molecule has 0 fully saturated rings. The Morgan fingerprint density at radius 3 is 2.44 bits per heavy atom. The number of nitrogens with one attached hydrogen (secondary N) is 1. The number of benzene rings is 2. The molecule has 7 nitrogen and oxygen atoms in total. The summed E-state index contributed by atoms with van der Waals surface area (Å²) in [6.45, 7) is 6.41. The number of sulfonamides is 1. The topological polar surface area (TPSA) is 86.8 Å². The van der Waals surface area contributed by atoms with Crippen molar-refractivity contribution in [3.8, 4) is 0 Å². The van der Waals surface area contributed by atoms with Gasteiger partial charge in [0.25, 0.3) is 0 Å². The summed E-state index contributed by atoms with van der Waals surface area (Å²) >= 11 is 6.31. The van der Waals surface area contributed by atoms with Crippen molar-refractivity contribution in [3.05, 3.63) is 64.7 Å². The minimum atomic E-state index is -3.52. The Hall–Kier alpha value is -2.58. The maximum absolute atomic E-state index is 13.2. The Morgan fingerprint density at radius 1 is 1.12 bits per heavy atom. The van der Waals surface area contributed by atoms with Crippen molar-refractivity contribution in [3.63, 3.8) is 0 Å². The fourth-order valence-corrected chi connectivity index (χ4v) is 4.73. The maximum Gasteiger partial charge on any atom is 0.242 e. The van der Waals surface area contributed by atoms with E-state index in [0.717, 1.165) is 23.8 Å². The number of hydrogen-bond donors (Lipinski definition) is 1. The highest BCUT2D eigenvalue weighted by Crippen LogP contribution is 2.22. The lowest BCUT2D eigenvalue weighted by Gasteiger charge is -2.29. The molecule has 2 rings (SSSR count). The number of carbonyl (C=O) groups is 2. The van der Waals surface area contributed by atoms with Crippen LogP contribution in [0.4, 0.5) is 5.69 Å². The van der Waals surface area contributed by atoms with Crippen molar-refractivity contribution in [2.45, 2.75) is 52.6 Å². The molecule has 0 heterocycles. The van der Waals surface area contributed by atoms with Gasteiger partial charge < -0.3 is 10.2 Å². The van der Waals surface area contributed by atoms with Crippen LogP contribution in [0.25, 0.3) is 0 Å². The highest BCUT2D eigenvalue weighted by atomic mass is 35.5. The molecule has 1 unspecified atom stereocenters. The molecule has 186 valence electrons. The Bertz CT molecular complexity index is 1090. The minimum Gasteiger partial charge on any atom is -0.354 e. The third-order valence-corrected chi connectivity index (χ3v) is 7.02. The predicted octanol–water partition coefficient (Wildman–Crippen LogP) is 4.14. The minimum absolute atomic E-state index is 0.0910. The quantitative estimate of drug-likeness (QED) is 0.467. The molecule has 2 aromatic rings. The van der Waals surface area contributed by atoms with Crippen LogP contribution in [-0.2, 0) is 26.2 Å². The molecule has 0 saturated heterocycles. The molecule has 1 atom stereocenters. The van der Waals surface area contributed by atoms with Crippen LogP contribution in [0, 0.1) is 6.92 Å². The summed E-state index contributed by atoms with van der Waals surface area (Å²) in [4.78, 5) is 27.4. The number of carbonyl (C=O) groups excluding carboxylic acids is 2. The van der Waals surface area contributed by atoms with Crippen LogP contribution >= 0.6 is 11.6 Å². The van der Waals surface area contributed by atoms with Crippen molar-refractivity contribution < 1.29 is 18.0 Å². The van der Waals surface area contributed by atoms with Gasteiger partial charge in [-0.1, -0.05) is 48.9 Å². The summed E-state index contributed by atoms with van der Waals surface area (Å²) in [5, 5.41) is 3.35. The molecule has 0 spiro atoms. The lowest BCUT2D eigenvalue weighted by Crippen LogP contribution is -2.47. The molecule has 2 amide bonds. The van der Waals surface area contributed by atoms with Gasteiger partial charge >= 0.3 is 0 Å². The Balaban J connectivity index is 2.16. The molecule has 34 heavy (non-hydrogen) atoms. The number of hydrogen-bond acceptors (Lipinski definition) is 4. The lowest BCUT2D eigenvalue weighted by atomic mass is 10.1. The van der Waals surface area contributed by atoms with Crippen molar-refractivity contribution in [1.29, 1.82) is 0 Å². The third-order valence-electron chi connectivity index (χ3n) is 5.46. The van der Waals surface area contributed by atoms with Gasteiger partial charge in [0.05, 0.1) is 11.9 Å². The van der Waals surface area contributed by atoms with Crippen molar-refractivity contribution in [1.82, 2.24) is 10.2 Å². The van der Waals surface area contributed by atoms with Gasteiger partial charge in [0, 0.05) is 31.1 Å². The summed E-state index contributed by atoms with van der Waals surface area (Å²) in [6, 6.07) is 13.7. The number of nitrogens with zero attached hydrogens (tertiary/aromatic N) is 2. The summed E-state index contributed by atoms with van der Waals surface area (Å²) in [5.41, 5.74) is 2.25. The van der Waals surface area contributed by atoms with Gasteiger partial charge in [0.1, 0.15) is 6.04 Å². The van der Waals surface area contributed by atoms with E-state index in [1.807, 2.05) is 32.0 Å². The van der Waals surface area contributed by atoms with Crippen LogP contribution in [0.3, 0.4) is 0 Å². The standard InChI is InChI=1S/C25H34ClN3O4S/c1-5-15-27-25(31)20(3)28(18-21-11-6-7-13-23(21)26)24(30)14-9-16-29(34(4,32)33)22-12-8-10-19(2)17-22/h6-8,10-13,17,20H,5,9,14-16,18H2,1-4H3,(H,27,31). The number of anilines is 1. The van der Waals surface area contributed by atoms with Crippen molar-refractivity contribution in [2.75, 3.05) is 23.7 Å². The normalized spacial score (nSPS) is 12.1. The molecule has 0 aliphatic carbocycles. The molecule has 2 aromatic carbocycles. The molecule has 0 radical (unpaired) electrons. The molecule has 0 bridgehead atoms. The molecule has 0 aliphatic heterocycles. The highest BCUT2D eigenvalue weighted by molar-refractivity contribution is 7.92. The van der Waals surface area contributed by atoms with E-state index in [1.54, 1.807) is 37.3 Å². The average molecular weight is 508 g/mol. The number of halogens is 1. The zero-order chi connectivity index (χ0) is 25.3. The van der Waals surface area contributed by atoms with Gasteiger partial charge in [0.2, 0.25) is 21.8 Å². The lowest BCUT2D eigenvalue weighted by molar-refractivity contribution is -0.140. The van der Waals surface area contributed by atoms with E-state index in [1.165, 1.54) is 9.21 Å². The monoisotopic (exact) mass is 507 g/mol. The van der Waals surface area contributed by atoms with Gasteiger partial charge in [-0.05, 0) is 56.0 Å². The number of rotatable bonds is 12. The molecule has 0 saturated carbocycles. The van der Waals surface area contributed by atoms with Crippen LogP contribution in [0.1, 0.15) is 44.2 Å². The average Bonchev–Trinajstić information content (AvgIpc) is 2.78. The molecular weight excluding hydrogens is 474 g/mol. The summed E-state index contributed by atoms with van der Waals surface area (Å²) in [6.07, 6.45) is 2.34. The Kier molecular flexibility index (Phi) is 10.4. The summed E-state index contributed by atoms with van der Waals surface area (Å²) < 4.78 is 26.1. The first-order valence-electron chi connectivity index (χ1n) is 11.4. The van der Waals surface area contributed by atoms with Gasteiger partial charge in [-0.2, -0.15) is 0 Å². The number of aryl methyl sites for hydroxylation is 1. The van der Waals surface area contributed by atoms with E-state index < -0.39 is 16.1 Å². The van der Waals surface area contributed by atoms with Gasteiger partial charge in [-0.25, -0.2) is 8.42 Å². The zero-order valence-electron chi connectivity index (χ0n) is 20.3. The Morgan fingerprint density at radius 2 is 1.82 bits per heavy atom. The van der Waals surface area contributed by atoms with Crippen LogP contribution in [0.15, 0.2) is 48.5 Å². The van der Waals surface area contributed by atoms with Gasteiger partial charge in [0.15, 0.2) is 0 Å².